The van der Waals surface area contributed by atoms with Crippen molar-refractivity contribution in [1.82, 2.24) is 10.2 Å². The average Bonchev–Trinajstić information content (AvgIpc) is 3.37. The zero-order valence-corrected chi connectivity index (χ0v) is 14.5. The van der Waals surface area contributed by atoms with Gasteiger partial charge in [-0.25, -0.2) is 4.79 Å². The van der Waals surface area contributed by atoms with Crippen LogP contribution in [0.5, 0.6) is 0 Å². The van der Waals surface area contributed by atoms with E-state index in [1.807, 2.05) is 31.2 Å². The number of nitrogens with zero attached hydrogens (tertiary/aromatic N) is 1. The molecule has 3 unspecified atom stereocenters. The molecule has 2 amide bonds. The molecule has 2 fully saturated rings. The van der Waals surface area contributed by atoms with Crippen LogP contribution < -0.4 is 5.32 Å². The molecule has 0 radical (unpaired) electrons. The molecular weight excluding hydrogens is 328 g/mol. The van der Waals surface area contributed by atoms with Gasteiger partial charge < -0.3 is 15.3 Å². The van der Waals surface area contributed by atoms with Crippen LogP contribution in [-0.4, -0.2) is 35.1 Å². The van der Waals surface area contributed by atoms with E-state index in [0.717, 1.165) is 18.4 Å². The molecule has 3 rings (SSSR count). The van der Waals surface area contributed by atoms with E-state index in [9.17, 15) is 14.7 Å². The Bertz CT molecular complexity index is 615. The van der Waals surface area contributed by atoms with E-state index in [2.05, 4.69) is 5.32 Å². The van der Waals surface area contributed by atoms with Crippen LogP contribution in [0.15, 0.2) is 24.3 Å². The summed E-state index contributed by atoms with van der Waals surface area (Å²) in [5, 5.41) is 13.1. The molecule has 6 heteroatoms. The number of urea groups is 1. The van der Waals surface area contributed by atoms with E-state index in [0.29, 0.717) is 23.9 Å². The second-order valence-corrected chi connectivity index (χ2v) is 7.53. The SMILES string of the molecule is CC1CC(C(=O)O)CN(C(=O)NC(c2ccc(Cl)cc2)C2CC2)C1. The fourth-order valence-corrected chi connectivity index (χ4v) is 3.62. The van der Waals surface area contributed by atoms with Gasteiger partial charge in [0.15, 0.2) is 0 Å². The second kappa shape index (κ2) is 7.01. The van der Waals surface area contributed by atoms with Gasteiger partial charge in [0.05, 0.1) is 12.0 Å². The van der Waals surface area contributed by atoms with Gasteiger partial charge in [-0.3, -0.25) is 4.79 Å². The minimum atomic E-state index is -0.823. The van der Waals surface area contributed by atoms with Gasteiger partial charge in [0.25, 0.3) is 0 Å². The second-order valence-electron chi connectivity index (χ2n) is 7.10. The minimum Gasteiger partial charge on any atom is -0.481 e. The van der Waals surface area contributed by atoms with Crippen LogP contribution in [0.4, 0.5) is 4.79 Å². The Morgan fingerprint density at radius 2 is 1.92 bits per heavy atom. The molecule has 1 aliphatic heterocycles. The van der Waals surface area contributed by atoms with Crippen LogP contribution in [0.3, 0.4) is 0 Å². The number of likely N-dealkylation sites (tertiary alicyclic amines) is 1. The van der Waals surface area contributed by atoms with Crippen LogP contribution >= 0.6 is 11.6 Å². The highest BCUT2D eigenvalue weighted by Gasteiger charge is 2.36. The van der Waals surface area contributed by atoms with Crippen molar-refractivity contribution in [3.63, 3.8) is 0 Å². The summed E-state index contributed by atoms with van der Waals surface area (Å²) in [6.45, 7) is 2.88. The molecule has 24 heavy (non-hydrogen) atoms. The fourth-order valence-electron chi connectivity index (χ4n) is 3.49. The van der Waals surface area contributed by atoms with Crippen LogP contribution in [0.1, 0.15) is 37.8 Å². The molecule has 2 aliphatic rings. The highest BCUT2D eigenvalue weighted by Crippen LogP contribution is 2.41. The number of halogens is 1. The zero-order chi connectivity index (χ0) is 17.3. The van der Waals surface area contributed by atoms with E-state index >= 15 is 0 Å². The summed E-state index contributed by atoms with van der Waals surface area (Å²) >= 11 is 5.95. The first-order valence-electron chi connectivity index (χ1n) is 8.47. The largest absolute Gasteiger partial charge is 0.481 e. The van der Waals surface area contributed by atoms with Gasteiger partial charge in [0, 0.05) is 18.1 Å². The molecule has 5 nitrogen and oxygen atoms in total. The lowest BCUT2D eigenvalue weighted by molar-refractivity contribution is -0.143. The molecule has 1 saturated carbocycles. The predicted octanol–water partition coefficient (Wildman–Crippen LogP) is 3.54. The maximum atomic E-state index is 12.7. The van der Waals surface area contributed by atoms with Gasteiger partial charge in [0.1, 0.15) is 0 Å². The Hall–Kier alpha value is -1.75. The Morgan fingerprint density at radius 3 is 2.50 bits per heavy atom. The maximum Gasteiger partial charge on any atom is 0.317 e. The van der Waals surface area contributed by atoms with Crippen molar-refractivity contribution in [2.24, 2.45) is 17.8 Å². The number of rotatable bonds is 4. The van der Waals surface area contributed by atoms with Crippen LogP contribution in [0, 0.1) is 17.8 Å². The maximum absolute atomic E-state index is 12.7. The molecule has 0 bridgehead atoms. The lowest BCUT2D eigenvalue weighted by Crippen LogP contribution is -2.50. The average molecular weight is 351 g/mol. The number of aliphatic carboxylic acids is 1. The number of carbonyl (C=O) groups is 2. The van der Waals surface area contributed by atoms with Crippen molar-refractivity contribution in [3.05, 3.63) is 34.9 Å². The molecule has 1 aromatic carbocycles. The van der Waals surface area contributed by atoms with Gasteiger partial charge in [-0.2, -0.15) is 0 Å². The summed E-state index contributed by atoms with van der Waals surface area (Å²) in [5.74, 6) is -0.654. The van der Waals surface area contributed by atoms with Crippen molar-refractivity contribution in [1.29, 1.82) is 0 Å². The zero-order valence-electron chi connectivity index (χ0n) is 13.7. The molecule has 2 N–H and O–H groups in total. The first-order valence-corrected chi connectivity index (χ1v) is 8.85. The molecule has 3 atom stereocenters. The quantitative estimate of drug-likeness (QED) is 0.872. The third-order valence-electron chi connectivity index (χ3n) is 4.90. The van der Waals surface area contributed by atoms with E-state index in [4.69, 9.17) is 11.6 Å². The number of nitrogens with one attached hydrogen (secondary N) is 1. The minimum absolute atomic E-state index is 0.0322. The summed E-state index contributed by atoms with van der Waals surface area (Å²) in [6.07, 6.45) is 2.83. The summed E-state index contributed by atoms with van der Waals surface area (Å²) in [5.41, 5.74) is 1.05. The Kier molecular flexibility index (Phi) is 4.99. The van der Waals surface area contributed by atoms with Crippen molar-refractivity contribution in [2.45, 2.75) is 32.2 Å². The number of hydrogen-bond donors (Lipinski definition) is 2. The van der Waals surface area contributed by atoms with Gasteiger partial charge in [-0.15, -0.1) is 0 Å². The number of carboxylic acid groups (broad SMARTS) is 1. The van der Waals surface area contributed by atoms with Gasteiger partial charge >= 0.3 is 12.0 Å². The van der Waals surface area contributed by atoms with Crippen LogP contribution in [-0.2, 0) is 4.79 Å². The van der Waals surface area contributed by atoms with E-state index in [1.54, 1.807) is 4.90 Å². The molecule has 130 valence electrons. The fraction of sp³-hybridized carbons (Fsp3) is 0.556. The standard InChI is InChI=1S/C18H23ClN2O3/c1-11-8-14(17(22)23)10-21(9-11)18(24)20-16(12-2-3-12)13-4-6-15(19)7-5-13/h4-7,11-12,14,16H,2-3,8-10H2,1H3,(H,20,24)(H,22,23). The molecule has 1 heterocycles. The first-order chi connectivity index (χ1) is 11.4. The lowest BCUT2D eigenvalue weighted by atomic mass is 9.90. The van der Waals surface area contributed by atoms with Crippen molar-refractivity contribution >= 4 is 23.6 Å². The number of hydrogen-bond acceptors (Lipinski definition) is 2. The smallest absolute Gasteiger partial charge is 0.317 e. The van der Waals surface area contributed by atoms with Crippen molar-refractivity contribution < 1.29 is 14.7 Å². The molecule has 1 saturated heterocycles. The van der Waals surface area contributed by atoms with E-state index in [-0.39, 0.29) is 24.5 Å². The van der Waals surface area contributed by atoms with E-state index in [1.165, 1.54) is 0 Å². The Balaban J connectivity index is 1.69. The summed E-state index contributed by atoms with van der Waals surface area (Å²) in [7, 11) is 0. The molecule has 1 aromatic rings. The number of carbonyl (C=O) groups excluding carboxylic acids is 1. The summed E-state index contributed by atoms with van der Waals surface area (Å²) < 4.78 is 0. The number of benzene rings is 1. The van der Waals surface area contributed by atoms with Crippen LogP contribution in [0.25, 0.3) is 0 Å². The van der Waals surface area contributed by atoms with Gasteiger partial charge in [0.2, 0.25) is 0 Å². The first kappa shape index (κ1) is 17.1. The molecule has 0 spiro atoms. The molecule has 1 aliphatic carbocycles. The van der Waals surface area contributed by atoms with Crippen molar-refractivity contribution in [3.8, 4) is 0 Å². The Morgan fingerprint density at radius 1 is 1.25 bits per heavy atom. The predicted molar refractivity (Wildman–Crippen MR) is 91.9 cm³/mol. The van der Waals surface area contributed by atoms with E-state index < -0.39 is 11.9 Å². The number of carboxylic acids is 1. The highest BCUT2D eigenvalue weighted by atomic mass is 35.5. The lowest BCUT2D eigenvalue weighted by Gasteiger charge is -2.35. The monoisotopic (exact) mass is 350 g/mol. The molecule has 0 aromatic heterocycles. The highest BCUT2D eigenvalue weighted by molar-refractivity contribution is 6.30. The number of amides is 2. The van der Waals surface area contributed by atoms with Gasteiger partial charge in [-0.05, 0) is 48.8 Å². The van der Waals surface area contributed by atoms with Gasteiger partial charge in [-0.1, -0.05) is 30.7 Å². The third kappa shape index (κ3) is 4.01. The third-order valence-corrected chi connectivity index (χ3v) is 5.15. The normalized spacial score (nSPS) is 25.2. The van der Waals surface area contributed by atoms with Crippen LogP contribution in [0.2, 0.25) is 5.02 Å². The Labute approximate surface area is 147 Å². The summed E-state index contributed by atoms with van der Waals surface area (Å²) in [6, 6.07) is 7.37. The number of piperidine rings is 1. The van der Waals surface area contributed by atoms with Crippen molar-refractivity contribution in [2.75, 3.05) is 13.1 Å². The summed E-state index contributed by atoms with van der Waals surface area (Å²) in [4.78, 5) is 25.6. The molecular formula is C18H23ClN2O3. The topological polar surface area (TPSA) is 69.6 Å².